The summed E-state index contributed by atoms with van der Waals surface area (Å²) < 4.78 is 37.4. The van der Waals surface area contributed by atoms with E-state index >= 15 is 0 Å². The number of halogens is 3. The van der Waals surface area contributed by atoms with E-state index in [0.29, 0.717) is 6.54 Å². The van der Waals surface area contributed by atoms with Gasteiger partial charge in [-0.1, -0.05) is 13.8 Å². The summed E-state index contributed by atoms with van der Waals surface area (Å²) in [7, 11) is 0. The zero-order valence-corrected chi connectivity index (χ0v) is 7.39. The van der Waals surface area contributed by atoms with Crippen molar-refractivity contribution in [1.82, 2.24) is 9.78 Å². The van der Waals surface area contributed by atoms with Crippen molar-refractivity contribution in [2.75, 3.05) is 0 Å². The first-order valence-electron chi connectivity index (χ1n) is 3.92. The minimum Gasteiger partial charge on any atom is -0.271 e. The highest BCUT2D eigenvalue weighted by Gasteiger charge is 2.33. The molecule has 1 rings (SSSR count). The minimum atomic E-state index is -4.39. The summed E-state index contributed by atoms with van der Waals surface area (Å²) in [5, 5.41) is 3.36. The van der Waals surface area contributed by atoms with Gasteiger partial charge in [0.25, 0.3) is 0 Å². The maximum atomic E-state index is 12.0. The summed E-state index contributed by atoms with van der Waals surface area (Å²) >= 11 is 0. The van der Waals surface area contributed by atoms with Gasteiger partial charge < -0.3 is 0 Å². The normalized spacial score (nSPS) is 12.5. The Labute approximate surface area is 74.4 Å². The topological polar surface area (TPSA) is 17.8 Å². The van der Waals surface area contributed by atoms with Crippen LogP contribution in [0, 0.1) is 12.0 Å². The lowest BCUT2D eigenvalue weighted by Gasteiger charge is -2.04. The van der Waals surface area contributed by atoms with E-state index in [1.54, 1.807) is 0 Å². The van der Waals surface area contributed by atoms with E-state index in [-0.39, 0.29) is 5.92 Å². The van der Waals surface area contributed by atoms with Gasteiger partial charge in [-0.2, -0.15) is 18.3 Å². The van der Waals surface area contributed by atoms with Crippen molar-refractivity contribution >= 4 is 0 Å². The molecule has 1 heterocycles. The SMILES string of the molecule is CC(C)Cn1c[c]c(C(F)(F)F)n1. The van der Waals surface area contributed by atoms with E-state index in [1.807, 2.05) is 13.8 Å². The molecule has 0 saturated carbocycles. The van der Waals surface area contributed by atoms with Crippen LogP contribution < -0.4 is 0 Å². The highest BCUT2D eigenvalue weighted by Crippen LogP contribution is 2.26. The zero-order chi connectivity index (χ0) is 10.1. The number of rotatable bonds is 2. The van der Waals surface area contributed by atoms with Crippen LogP contribution in [0.5, 0.6) is 0 Å². The van der Waals surface area contributed by atoms with Gasteiger partial charge in [0.15, 0.2) is 5.69 Å². The fourth-order valence-corrected chi connectivity index (χ4v) is 0.928. The Morgan fingerprint density at radius 3 is 2.54 bits per heavy atom. The second-order valence-corrected chi connectivity index (χ2v) is 3.24. The molecule has 0 unspecified atom stereocenters. The first-order valence-corrected chi connectivity index (χ1v) is 3.92. The third kappa shape index (κ3) is 2.75. The van der Waals surface area contributed by atoms with E-state index in [4.69, 9.17) is 0 Å². The van der Waals surface area contributed by atoms with Gasteiger partial charge in [0.05, 0.1) is 0 Å². The molecule has 0 aromatic carbocycles. The maximum Gasteiger partial charge on any atom is 0.435 e. The van der Waals surface area contributed by atoms with Crippen molar-refractivity contribution in [1.29, 1.82) is 0 Å². The molecule has 0 N–H and O–H groups in total. The van der Waals surface area contributed by atoms with Crippen molar-refractivity contribution in [3.8, 4) is 0 Å². The molecule has 0 aliphatic rings. The Bertz CT molecular complexity index is 275. The molecule has 0 bridgehead atoms. The molecule has 1 aromatic heterocycles. The molecule has 0 spiro atoms. The van der Waals surface area contributed by atoms with E-state index in [9.17, 15) is 13.2 Å². The Balaban J connectivity index is 2.75. The summed E-state index contributed by atoms with van der Waals surface area (Å²) in [6.45, 7) is 4.30. The first-order chi connectivity index (χ1) is 5.89. The molecule has 5 heteroatoms. The lowest BCUT2D eigenvalue weighted by atomic mass is 10.2. The molecular weight excluding hydrogens is 181 g/mol. The summed E-state index contributed by atoms with van der Waals surface area (Å²) in [5.74, 6) is 0.273. The fourth-order valence-electron chi connectivity index (χ4n) is 0.928. The van der Waals surface area contributed by atoms with Crippen molar-refractivity contribution < 1.29 is 13.2 Å². The average Bonchev–Trinajstić information content (AvgIpc) is 2.32. The Morgan fingerprint density at radius 2 is 2.15 bits per heavy atom. The standard InChI is InChI=1S/C8H10F3N2/c1-6(2)5-13-4-3-7(12-13)8(9,10)11/h4,6H,5H2,1-2H3. The lowest BCUT2D eigenvalue weighted by molar-refractivity contribution is -0.141. The highest BCUT2D eigenvalue weighted by molar-refractivity contribution is 5.00. The van der Waals surface area contributed by atoms with Gasteiger partial charge in [-0.3, -0.25) is 4.68 Å². The quantitative estimate of drug-likeness (QED) is 0.701. The van der Waals surface area contributed by atoms with Crippen LogP contribution in [0.3, 0.4) is 0 Å². The van der Waals surface area contributed by atoms with Crippen molar-refractivity contribution in [2.45, 2.75) is 26.6 Å². The molecular formula is C8H10F3N2. The van der Waals surface area contributed by atoms with Gasteiger partial charge in [-0.05, 0) is 5.92 Å². The lowest BCUT2D eigenvalue weighted by Crippen LogP contribution is -2.10. The molecule has 0 amide bonds. The van der Waals surface area contributed by atoms with E-state index in [2.05, 4.69) is 11.2 Å². The Morgan fingerprint density at radius 1 is 1.54 bits per heavy atom. The van der Waals surface area contributed by atoms with Crippen LogP contribution in [-0.2, 0) is 12.7 Å². The van der Waals surface area contributed by atoms with Gasteiger partial charge in [0.2, 0.25) is 0 Å². The van der Waals surface area contributed by atoms with E-state index in [0.717, 1.165) is 0 Å². The van der Waals surface area contributed by atoms with E-state index < -0.39 is 11.9 Å². The van der Waals surface area contributed by atoms with Crippen LogP contribution in [0.4, 0.5) is 13.2 Å². The zero-order valence-electron chi connectivity index (χ0n) is 7.39. The van der Waals surface area contributed by atoms with E-state index in [1.165, 1.54) is 10.9 Å². The number of nitrogens with zero attached hydrogens (tertiary/aromatic N) is 2. The number of alkyl halides is 3. The summed E-state index contributed by atoms with van der Waals surface area (Å²) in [6, 6.07) is 2.08. The fraction of sp³-hybridized carbons (Fsp3) is 0.625. The second kappa shape index (κ2) is 3.40. The average molecular weight is 191 g/mol. The van der Waals surface area contributed by atoms with Crippen LogP contribution >= 0.6 is 0 Å². The number of aromatic nitrogens is 2. The maximum absolute atomic E-state index is 12.0. The highest BCUT2D eigenvalue weighted by atomic mass is 19.4. The van der Waals surface area contributed by atoms with Crippen LogP contribution in [0.25, 0.3) is 0 Å². The molecule has 73 valence electrons. The molecule has 0 aliphatic carbocycles. The Hall–Kier alpha value is -1.00. The third-order valence-electron chi connectivity index (χ3n) is 1.40. The molecule has 0 saturated heterocycles. The molecule has 2 nitrogen and oxygen atoms in total. The molecule has 0 atom stereocenters. The summed E-state index contributed by atoms with van der Waals surface area (Å²) in [4.78, 5) is 0. The van der Waals surface area contributed by atoms with Gasteiger partial charge in [0.1, 0.15) is 0 Å². The predicted octanol–water partition coefficient (Wildman–Crippen LogP) is 2.36. The van der Waals surface area contributed by atoms with Crippen molar-refractivity contribution in [2.24, 2.45) is 5.92 Å². The van der Waals surface area contributed by atoms with Gasteiger partial charge in [-0.25, -0.2) is 0 Å². The monoisotopic (exact) mass is 191 g/mol. The van der Waals surface area contributed by atoms with Gasteiger partial charge >= 0.3 is 6.18 Å². The third-order valence-corrected chi connectivity index (χ3v) is 1.40. The molecule has 1 radical (unpaired) electrons. The second-order valence-electron chi connectivity index (χ2n) is 3.24. The van der Waals surface area contributed by atoms with Gasteiger partial charge in [0, 0.05) is 18.8 Å². The predicted molar refractivity (Wildman–Crippen MR) is 40.9 cm³/mol. The Kier molecular flexibility index (Phi) is 2.63. The molecule has 0 fully saturated rings. The van der Waals surface area contributed by atoms with Crippen LogP contribution in [0.2, 0.25) is 0 Å². The van der Waals surface area contributed by atoms with Crippen LogP contribution in [0.15, 0.2) is 6.20 Å². The number of hydrogen-bond donors (Lipinski definition) is 0. The van der Waals surface area contributed by atoms with Crippen molar-refractivity contribution in [3.05, 3.63) is 18.0 Å². The van der Waals surface area contributed by atoms with Crippen LogP contribution in [0.1, 0.15) is 19.5 Å². The summed E-state index contributed by atoms with van der Waals surface area (Å²) in [5.41, 5.74) is -0.951. The molecule has 13 heavy (non-hydrogen) atoms. The van der Waals surface area contributed by atoms with Crippen LogP contribution in [-0.4, -0.2) is 9.78 Å². The smallest absolute Gasteiger partial charge is 0.271 e. The molecule has 1 aromatic rings. The van der Waals surface area contributed by atoms with Crippen molar-refractivity contribution in [3.63, 3.8) is 0 Å². The molecule has 0 aliphatic heterocycles. The number of hydrogen-bond acceptors (Lipinski definition) is 1. The van der Waals surface area contributed by atoms with Gasteiger partial charge in [-0.15, -0.1) is 0 Å². The first kappa shape index (κ1) is 10.1. The largest absolute Gasteiger partial charge is 0.435 e. The summed E-state index contributed by atoms with van der Waals surface area (Å²) in [6.07, 6.45) is -3.16. The minimum absolute atomic E-state index is 0.273.